The van der Waals surface area contributed by atoms with Gasteiger partial charge in [-0.15, -0.1) is 0 Å². The van der Waals surface area contributed by atoms with E-state index in [1.54, 1.807) is 45.0 Å². The molecule has 2 N–H and O–H groups in total. The third-order valence-electron chi connectivity index (χ3n) is 5.42. The van der Waals surface area contributed by atoms with Gasteiger partial charge in [-0.25, -0.2) is 9.59 Å². The maximum Gasteiger partial charge on any atom is 0.341 e. The zero-order valence-corrected chi connectivity index (χ0v) is 17.6. The number of esters is 2. The molecule has 5 rings (SSSR count). The highest BCUT2D eigenvalue weighted by Crippen LogP contribution is 2.57. The Hall–Kier alpha value is -4.00. The third kappa shape index (κ3) is 2.81. The van der Waals surface area contributed by atoms with Crippen LogP contribution >= 0.6 is 0 Å². The summed E-state index contributed by atoms with van der Waals surface area (Å²) in [4.78, 5) is 26.1. The number of carbonyl (C=O) groups is 2. The number of aromatic hydroxyl groups is 2. The minimum Gasteiger partial charge on any atom is -0.508 e. The number of phenolic OH excluding ortho intramolecular Hbond substituents is 2. The first kappa shape index (κ1) is 19.9. The van der Waals surface area contributed by atoms with Gasteiger partial charge in [-0.05, 0) is 51.1 Å². The van der Waals surface area contributed by atoms with E-state index in [1.165, 1.54) is 30.3 Å². The molecule has 1 spiro atoms. The fourth-order valence-corrected chi connectivity index (χ4v) is 4.25. The van der Waals surface area contributed by atoms with E-state index in [4.69, 9.17) is 14.2 Å². The van der Waals surface area contributed by atoms with Crippen LogP contribution in [-0.4, -0.2) is 27.8 Å². The van der Waals surface area contributed by atoms with E-state index in [-0.39, 0.29) is 34.1 Å². The molecule has 0 aromatic heterocycles. The molecule has 2 heterocycles. The Morgan fingerprint density at radius 1 is 0.906 bits per heavy atom. The summed E-state index contributed by atoms with van der Waals surface area (Å²) in [7, 11) is 0. The van der Waals surface area contributed by atoms with Crippen LogP contribution in [0.2, 0.25) is 0 Å². The molecule has 0 fully saturated rings. The van der Waals surface area contributed by atoms with Crippen molar-refractivity contribution in [3.63, 3.8) is 0 Å². The van der Waals surface area contributed by atoms with Crippen LogP contribution in [0.15, 0.2) is 54.6 Å². The van der Waals surface area contributed by atoms with E-state index in [0.717, 1.165) is 0 Å². The average Bonchev–Trinajstić information content (AvgIpc) is 2.99. The SMILES string of the molecule is CC(C)(C)OC(=O)c1cccc2c1C(=O)OC21c2ccc(O)cc2Oc2cc(O)ccc21. The van der Waals surface area contributed by atoms with E-state index in [1.807, 2.05) is 0 Å². The Bertz CT molecular complexity index is 1250. The van der Waals surface area contributed by atoms with Gasteiger partial charge >= 0.3 is 11.9 Å². The summed E-state index contributed by atoms with van der Waals surface area (Å²) in [5.74, 6) is -0.837. The van der Waals surface area contributed by atoms with Gasteiger partial charge in [0.25, 0.3) is 0 Å². The van der Waals surface area contributed by atoms with Crippen molar-refractivity contribution < 1.29 is 34.0 Å². The maximum atomic E-state index is 13.2. The van der Waals surface area contributed by atoms with Crippen molar-refractivity contribution in [2.24, 2.45) is 0 Å². The first-order chi connectivity index (χ1) is 15.1. The molecule has 0 aliphatic carbocycles. The molecule has 0 amide bonds. The highest BCUT2D eigenvalue weighted by molar-refractivity contribution is 6.07. The van der Waals surface area contributed by atoms with Crippen molar-refractivity contribution in [1.29, 1.82) is 0 Å². The van der Waals surface area contributed by atoms with Gasteiger partial charge in [0.2, 0.25) is 0 Å². The van der Waals surface area contributed by atoms with Gasteiger partial charge in [0.05, 0.1) is 11.1 Å². The number of hydrogen-bond acceptors (Lipinski definition) is 7. The third-order valence-corrected chi connectivity index (χ3v) is 5.42. The Morgan fingerprint density at radius 3 is 2.06 bits per heavy atom. The number of hydrogen-bond donors (Lipinski definition) is 2. The van der Waals surface area contributed by atoms with Gasteiger partial charge in [0.15, 0.2) is 5.60 Å². The van der Waals surface area contributed by atoms with Gasteiger partial charge in [0.1, 0.15) is 28.6 Å². The second-order valence-corrected chi connectivity index (χ2v) is 8.76. The quantitative estimate of drug-likeness (QED) is 0.541. The first-order valence-corrected chi connectivity index (χ1v) is 10.1. The lowest BCUT2D eigenvalue weighted by molar-refractivity contribution is 0.00617. The molecule has 3 aromatic carbocycles. The average molecular weight is 432 g/mol. The zero-order valence-electron chi connectivity index (χ0n) is 17.6. The normalized spacial score (nSPS) is 15.3. The largest absolute Gasteiger partial charge is 0.508 e. The van der Waals surface area contributed by atoms with Gasteiger partial charge in [-0.2, -0.15) is 0 Å². The molecule has 0 radical (unpaired) electrons. The van der Waals surface area contributed by atoms with Crippen LogP contribution in [0.5, 0.6) is 23.0 Å². The van der Waals surface area contributed by atoms with E-state index in [9.17, 15) is 19.8 Å². The monoisotopic (exact) mass is 432 g/mol. The van der Waals surface area contributed by atoms with Gasteiger partial charge in [-0.1, -0.05) is 12.1 Å². The Kier molecular flexibility index (Phi) is 4.05. The molecule has 7 heteroatoms. The lowest BCUT2D eigenvalue weighted by atomic mass is 9.77. The zero-order chi connectivity index (χ0) is 22.8. The van der Waals surface area contributed by atoms with Crippen molar-refractivity contribution in [1.82, 2.24) is 0 Å². The van der Waals surface area contributed by atoms with E-state index < -0.39 is 23.1 Å². The molecule has 0 atom stereocenters. The smallest absolute Gasteiger partial charge is 0.341 e. The summed E-state index contributed by atoms with van der Waals surface area (Å²) in [5.41, 5.74) is -0.521. The van der Waals surface area contributed by atoms with Crippen molar-refractivity contribution in [2.75, 3.05) is 0 Å². The molecule has 7 nitrogen and oxygen atoms in total. The summed E-state index contributed by atoms with van der Waals surface area (Å²) in [5, 5.41) is 20.0. The Morgan fingerprint density at radius 2 is 1.50 bits per heavy atom. The molecular formula is C25H20O7. The number of ether oxygens (including phenoxy) is 3. The summed E-state index contributed by atoms with van der Waals surface area (Å²) in [6.45, 7) is 5.24. The molecule has 3 aromatic rings. The van der Waals surface area contributed by atoms with Crippen LogP contribution < -0.4 is 4.74 Å². The molecule has 0 unspecified atom stereocenters. The molecular weight excluding hydrogens is 412 g/mol. The van der Waals surface area contributed by atoms with Gasteiger partial charge in [0, 0.05) is 28.8 Å². The number of benzene rings is 3. The van der Waals surface area contributed by atoms with E-state index in [2.05, 4.69) is 0 Å². The fraction of sp³-hybridized carbons (Fsp3) is 0.200. The van der Waals surface area contributed by atoms with Crippen LogP contribution in [-0.2, 0) is 15.1 Å². The predicted molar refractivity (Wildman–Crippen MR) is 113 cm³/mol. The maximum absolute atomic E-state index is 13.2. The van der Waals surface area contributed by atoms with Crippen molar-refractivity contribution in [3.05, 3.63) is 82.4 Å². The predicted octanol–water partition coefficient (Wildman–Crippen LogP) is 4.62. The lowest BCUT2D eigenvalue weighted by Gasteiger charge is -2.36. The summed E-state index contributed by atoms with van der Waals surface area (Å²) < 4.78 is 17.4. The van der Waals surface area contributed by atoms with Crippen LogP contribution in [0, 0.1) is 0 Å². The summed E-state index contributed by atoms with van der Waals surface area (Å²) >= 11 is 0. The summed E-state index contributed by atoms with van der Waals surface area (Å²) in [6.07, 6.45) is 0. The van der Waals surface area contributed by atoms with Crippen LogP contribution in [0.25, 0.3) is 0 Å². The molecule has 0 saturated carbocycles. The van der Waals surface area contributed by atoms with Crippen LogP contribution in [0.3, 0.4) is 0 Å². The standard InChI is InChI=1S/C25H20O7/c1-24(2,3)31-22(28)15-5-4-6-18-21(15)23(29)32-25(18)16-9-7-13(26)11-19(16)30-20-12-14(27)8-10-17(20)25/h4-12,26-27H,1-3H3. The second-order valence-electron chi connectivity index (χ2n) is 8.76. The van der Waals surface area contributed by atoms with E-state index in [0.29, 0.717) is 16.7 Å². The summed E-state index contributed by atoms with van der Waals surface area (Å²) in [6, 6.07) is 13.9. The van der Waals surface area contributed by atoms with Crippen LogP contribution in [0.4, 0.5) is 0 Å². The number of rotatable bonds is 1. The molecule has 162 valence electrons. The fourth-order valence-electron chi connectivity index (χ4n) is 4.25. The number of phenols is 2. The molecule has 32 heavy (non-hydrogen) atoms. The highest BCUT2D eigenvalue weighted by atomic mass is 16.6. The minimum absolute atomic E-state index is 0.0328. The molecule has 2 aliphatic rings. The Labute approximate surface area is 183 Å². The molecule has 2 aliphatic heterocycles. The highest BCUT2D eigenvalue weighted by Gasteiger charge is 2.54. The van der Waals surface area contributed by atoms with E-state index >= 15 is 0 Å². The Balaban J connectivity index is 1.80. The first-order valence-electron chi connectivity index (χ1n) is 10.1. The van der Waals surface area contributed by atoms with Crippen molar-refractivity contribution in [3.8, 4) is 23.0 Å². The molecule has 0 saturated heterocycles. The topological polar surface area (TPSA) is 102 Å². The van der Waals surface area contributed by atoms with Gasteiger partial charge in [-0.3, -0.25) is 0 Å². The van der Waals surface area contributed by atoms with Gasteiger partial charge < -0.3 is 24.4 Å². The lowest BCUT2D eigenvalue weighted by Crippen LogP contribution is -2.32. The number of carbonyl (C=O) groups excluding carboxylic acids is 2. The minimum atomic E-state index is -1.42. The van der Waals surface area contributed by atoms with Crippen molar-refractivity contribution in [2.45, 2.75) is 32.0 Å². The number of fused-ring (bicyclic) bond motifs is 6. The van der Waals surface area contributed by atoms with Crippen molar-refractivity contribution >= 4 is 11.9 Å². The molecule has 0 bridgehead atoms. The second kappa shape index (κ2) is 6.50. The van der Waals surface area contributed by atoms with Crippen LogP contribution in [0.1, 0.15) is 58.2 Å².